The van der Waals surface area contributed by atoms with Crippen molar-refractivity contribution in [2.45, 2.75) is 18.9 Å². The summed E-state index contributed by atoms with van der Waals surface area (Å²) < 4.78 is 1.87. The molecule has 2 bridgehead atoms. The van der Waals surface area contributed by atoms with Gasteiger partial charge in [0.2, 0.25) is 0 Å². The summed E-state index contributed by atoms with van der Waals surface area (Å²) in [5, 5.41) is 3.56. The van der Waals surface area contributed by atoms with Crippen LogP contribution in [-0.4, -0.2) is 28.6 Å². The van der Waals surface area contributed by atoms with Crippen molar-refractivity contribution >= 4 is 23.3 Å². The number of benzene rings is 1. The Morgan fingerprint density at radius 3 is 2.67 bits per heavy atom. The number of nitrogens with one attached hydrogen (secondary N) is 1. The standard InChI is InChI=1S/C18H18ClN3O2/c19-14-4-6-15(7-5-14)20-18(24)21-9-12-8-13(11-21)16-2-1-3-17(23)22(16)10-12/h1-7,12-13H,8-11H2,(H,20,24)/t12-,13-/m0/s1. The van der Waals surface area contributed by atoms with Crippen molar-refractivity contribution in [3.8, 4) is 0 Å². The van der Waals surface area contributed by atoms with Crippen LogP contribution in [0.4, 0.5) is 10.5 Å². The Kier molecular flexibility index (Phi) is 3.81. The highest BCUT2D eigenvalue weighted by atomic mass is 35.5. The van der Waals surface area contributed by atoms with Gasteiger partial charge in [-0.1, -0.05) is 17.7 Å². The van der Waals surface area contributed by atoms with Crippen LogP contribution >= 0.6 is 11.6 Å². The van der Waals surface area contributed by atoms with Gasteiger partial charge in [0.15, 0.2) is 0 Å². The fraction of sp³-hybridized carbons (Fsp3) is 0.333. The third-order valence-corrected chi connectivity index (χ3v) is 5.11. The average Bonchev–Trinajstić information content (AvgIpc) is 2.58. The molecule has 0 aliphatic carbocycles. The molecule has 2 aliphatic rings. The van der Waals surface area contributed by atoms with Gasteiger partial charge in [-0.2, -0.15) is 0 Å². The number of nitrogens with zero attached hydrogens (tertiary/aromatic N) is 2. The number of hydrogen-bond acceptors (Lipinski definition) is 2. The molecule has 0 spiro atoms. The second kappa shape index (κ2) is 5.98. The van der Waals surface area contributed by atoms with Crippen molar-refractivity contribution in [1.82, 2.24) is 9.47 Å². The molecule has 2 atom stereocenters. The van der Waals surface area contributed by atoms with Crippen LogP contribution in [0.2, 0.25) is 5.02 Å². The largest absolute Gasteiger partial charge is 0.324 e. The first-order chi connectivity index (χ1) is 11.6. The van der Waals surface area contributed by atoms with Crippen LogP contribution in [0.25, 0.3) is 0 Å². The van der Waals surface area contributed by atoms with E-state index in [-0.39, 0.29) is 17.5 Å². The molecule has 2 aliphatic heterocycles. The molecule has 1 fully saturated rings. The number of pyridine rings is 1. The van der Waals surface area contributed by atoms with Crippen LogP contribution in [0, 0.1) is 5.92 Å². The lowest BCUT2D eigenvalue weighted by molar-refractivity contribution is 0.139. The maximum atomic E-state index is 12.6. The third kappa shape index (κ3) is 2.80. The molecule has 2 amide bonds. The van der Waals surface area contributed by atoms with Crippen LogP contribution < -0.4 is 10.9 Å². The molecule has 2 aromatic rings. The molecule has 1 N–H and O–H groups in total. The number of aromatic nitrogens is 1. The Balaban J connectivity index is 1.52. The number of carbonyl (C=O) groups excluding carboxylic acids is 1. The zero-order valence-corrected chi connectivity index (χ0v) is 13.9. The molecular weight excluding hydrogens is 326 g/mol. The van der Waals surface area contributed by atoms with Crippen molar-refractivity contribution in [2.24, 2.45) is 5.92 Å². The van der Waals surface area contributed by atoms with Crippen molar-refractivity contribution in [3.05, 3.63) is 63.5 Å². The summed E-state index contributed by atoms with van der Waals surface area (Å²) in [6.45, 7) is 2.01. The molecule has 4 rings (SSSR count). The van der Waals surface area contributed by atoms with E-state index in [1.807, 2.05) is 15.5 Å². The average molecular weight is 344 g/mol. The van der Waals surface area contributed by atoms with Crippen LogP contribution in [0.5, 0.6) is 0 Å². The Morgan fingerprint density at radius 1 is 1.08 bits per heavy atom. The molecule has 0 unspecified atom stereocenters. The molecule has 0 saturated carbocycles. The molecule has 5 nitrogen and oxygen atoms in total. The van der Waals surface area contributed by atoms with E-state index >= 15 is 0 Å². The minimum atomic E-state index is -0.0984. The summed E-state index contributed by atoms with van der Waals surface area (Å²) in [6.07, 6.45) is 1.04. The number of carbonyl (C=O) groups is 1. The van der Waals surface area contributed by atoms with Crippen LogP contribution in [0.1, 0.15) is 18.0 Å². The number of halogens is 1. The predicted octanol–water partition coefficient (Wildman–Crippen LogP) is 3.15. The van der Waals surface area contributed by atoms with E-state index in [1.165, 1.54) is 0 Å². The zero-order chi connectivity index (χ0) is 16.7. The number of urea groups is 1. The van der Waals surface area contributed by atoms with Gasteiger partial charge < -0.3 is 14.8 Å². The molecule has 6 heteroatoms. The number of amides is 2. The lowest BCUT2D eigenvalue weighted by Gasteiger charge is -2.42. The summed E-state index contributed by atoms with van der Waals surface area (Å²) in [7, 11) is 0. The Bertz CT molecular complexity index is 831. The van der Waals surface area contributed by atoms with Crippen molar-refractivity contribution in [2.75, 3.05) is 18.4 Å². The van der Waals surface area contributed by atoms with Gasteiger partial charge >= 0.3 is 6.03 Å². The smallest absolute Gasteiger partial charge is 0.321 e. The number of hydrogen-bond donors (Lipinski definition) is 1. The molecule has 24 heavy (non-hydrogen) atoms. The number of anilines is 1. The zero-order valence-electron chi connectivity index (χ0n) is 13.1. The van der Waals surface area contributed by atoms with E-state index in [0.29, 0.717) is 30.6 Å². The van der Waals surface area contributed by atoms with Gasteiger partial charge in [-0.25, -0.2) is 4.79 Å². The van der Waals surface area contributed by atoms with Gasteiger partial charge in [0.05, 0.1) is 0 Å². The van der Waals surface area contributed by atoms with Crippen LogP contribution in [0.15, 0.2) is 47.3 Å². The SMILES string of the molecule is O=C(Nc1ccc(Cl)cc1)N1C[C@@H]2C[C@@H](C1)c1cccc(=O)n1C2. The highest BCUT2D eigenvalue weighted by Gasteiger charge is 2.36. The molecule has 1 aromatic carbocycles. The van der Waals surface area contributed by atoms with Crippen molar-refractivity contribution < 1.29 is 4.79 Å². The van der Waals surface area contributed by atoms with Gasteiger partial charge in [-0.3, -0.25) is 4.79 Å². The lowest BCUT2D eigenvalue weighted by Crippen LogP contribution is -2.50. The Hall–Kier alpha value is -2.27. The number of fused-ring (bicyclic) bond motifs is 4. The number of piperidine rings is 1. The maximum absolute atomic E-state index is 12.6. The van der Waals surface area contributed by atoms with Gasteiger partial charge in [0, 0.05) is 48.0 Å². The number of rotatable bonds is 1. The van der Waals surface area contributed by atoms with Crippen LogP contribution in [-0.2, 0) is 6.54 Å². The second-order valence-electron chi connectivity index (χ2n) is 6.54. The van der Waals surface area contributed by atoms with E-state index < -0.39 is 0 Å². The third-order valence-electron chi connectivity index (χ3n) is 4.86. The second-order valence-corrected chi connectivity index (χ2v) is 6.98. The summed E-state index contributed by atoms with van der Waals surface area (Å²) in [6, 6.07) is 12.4. The van der Waals surface area contributed by atoms with E-state index in [4.69, 9.17) is 11.6 Å². The van der Waals surface area contributed by atoms with E-state index in [0.717, 1.165) is 17.8 Å². The molecule has 3 heterocycles. The predicted molar refractivity (Wildman–Crippen MR) is 93.6 cm³/mol. The molecule has 1 aromatic heterocycles. The Morgan fingerprint density at radius 2 is 1.88 bits per heavy atom. The quantitative estimate of drug-likeness (QED) is 0.864. The van der Waals surface area contributed by atoms with Crippen LogP contribution in [0.3, 0.4) is 0 Å². The molecule has 124 valence electrons. The maximum Gasteiger partial charge on any atom is 0.321 e. The van der Waals surface area contributed by atoms with Gasteiger partial charge in [0.1, 0.15) is 0 Å². The van der Waals surface area contributed by atoms with Gasteiger partial charge in [-0.05, 0) is 42.7 Å². The first-order valence-corrected chi connectivity index (χ1v) is 8.49. The Labute approximate surface area is 144 Å². The van der Waals surface area contributed by atoms with E-state index in [1.54, 1.807) is 36.4 Å². The minimum absolute atomic E-state index is 0.0567. The first-order valence-electron chi connectivity index (χ1n) is 8.11. The van der Waals surface area contributed by atoms with Crippen molar-refractivity contribution in [3.63, 3.8) is 0 Å². The summed E-state index contributed by atoms with van der Waals surface area (Å²) in [4.78, 5) is 26.5. The monoisotopic (exact) mass is 343 g/mol. The summed E-state index contributed by atoms with van der Waals surface area (Å²) in [5.74, 6) is 0.551. The minimum Gasteiger partial charge on any atom is -0.324 e. The fourth-order valence-electron chi connectivity index (χ4n) is 3.80. The van der Waals surface area contributed by atoms with Crippen molar-refractivity contribution in [1.29, 1.82) is 0 Å². The van der Waals surface area contributed by atoms with E-state index in [2.05, 4.69) is 5.32 Å². The molecule has 1 saturated heterocycles. The number of likely N-dealkylation sites (tertiary alicyclic amines) is 1. The van der Waals surface area contributed by atoms with Gasteiger partial charge in [-0.15, -0.1) is 0 Å². The summed E-state index contributed by atoms with van der Waals surface area (Å²) >= 11 is 5.87. The van der Waals surface area contributed by atoms with Gasteiger partial charge in [0.25, 0.3) is 5.56 Å². The topological polar surface area (TPSA) is 54.3 Å². The normalized spacial score (nSPS) is 22.0. The van der Waals surface area contributed by atoms with E-state index in [9.17, 15) is 9.59 Å². The lowest BCUT2D eigenvalue weighted by atomic mass is 9.83. The fourth-order valence-corrected chi connectivity index (χ4v) is 3.92. The molecule has 0 radical (unpaired) electrons. The molecular formula is C18H18ClN3O2. The highest BCUT2D eigenvalue weighted by Crippen LogP contribution is 2.35. The summed E-state index contributed by atoms with van der Waals surface area (Å²) in [5.41, 5.74) is 1.83. The highest BCUT2D eigenvalue weighted by molar-refractivity contribution is 6.30. The first kappa shape index (κ1) is 15.3.